The maximum Gasteiger partial charge on any atom is 0.446 e. The molecule has 0 aliphatic carbocycles. The predicted octanol–water partition coefficient (Wildman–Crippen LogP) is 0.215. The Hall–Kier alpha value is -2.08. The Morgan fingerprint density at radius 3 is 1.85 bits per heavy atom. The molecule has 2 saturated heterocycles. The molecule has 27 heavy (non-hydrogen) atoms. The summed E-state index contributed by atoms with van der Waals surface area (Å²) in [5.41, 5.74) is -3.40. The number of morpholine rings is 2. The number of ether oxygens (including phenoxy) is 4. The normalized spacial score (nSPS) is 23.3. The van der Waals surface area contributed by atoms with Crippen molar-refractivity contribution in [3.05, 3.63) is 0 Å². The molecular weight excluding hydrogens is 373 g/mol. The molecule has 0 saturated carbocycles. The molecule has 0 radical (unpaired) electrons. The lowest BCUT2D eigenvalue weighted by Gasteiger charge is -2.38. The lowest BCUT2D eigenvalue weighted by molar-refractivity contribution is -0.204. The van der Waals surface area contributed by atoms with Gasteiger partial charge in [0.1, 0.15) is 0 Å². The minimum Gasteiger partial charge on any atom is -0.462 e. The Bertz CT molecular complexity index is 579. The van der Waals surface area contributed by atoms with Crippen molar-refractivity contribution in [2.75, 3.05) is 59.2 Å². The number of aliphatic imine (C=N–C) groups is 2. The molecule has 0 aromatic heterocycles. The van der Waals surface area contributed by atoms with Gasteiger partial charge in [0.2, 0.25) is 0 Å². The fraction of sp³-hybridized carbons (Fsp3) is 0.800. The van der Waals surface area contributed by atoms with Gasteiger partial charge in [-0.05, 0) is 6.92 Å². The zero-order valence-electron chi connectivity index (χ0n) is 14.8. The average Bonchev–Trinajstić information content (AvgIpc) is 2.68. The van der Waals surface area contributed by atoms with E-state index in [0.717, 1.165) is 0 Å². The Morgan fingerprint density at radius 2 is 1.48 bits per heavy atom. The van der Waals surface area contributed by atoms with E-state index >= 15 is 0 Å². The van der Waals surface area contributed by atoms with Crippen LogP contribution in [0.4, 0.5) is 13.2 Å². The molecule has 9 nitrogen and oxygen atoms in total. The second kappa shape index (κ2) is 7.89. The third-order valence-corrected chi connectivity index (χ3v) is 4.22. The van der Waals surface area contributed by atoms with Crippen LogP contribution in [-0.2, 0) is 23.7 Å². The summed E-state index contributed by atoms with van der Waals surface area (Å²) >= 11 is 0. The first-order valence-electron chi connectivity index (χ1n) is 8.64. The minimum atomic E-state index is -5.10. The first-order chi connectivity index (χ1) is 12.9. The predicted molar refractivity (Wildman–Crippen MR) is 86.2 cm³/mol. The maximum absolute atomic E-state index is 14.0. The van der Waals surface area contributed by atoms with Crippen LogP contribution in [0.5, 0.6) is 0 Å². The van der Waals surface area contributed by atoms with E-state index in [1.807, 2.05) is 0 Å². The van der Waals surface area contributed by atoms with E-state index in [0.29, 0.717) is 26.4 Å². The van der Waals surface area contributed by atoms with Crippen LogP contribution in [0, 0.1) is 0 Å². The Morgan fingerprint density at radius 1 is 1.04 bits per heavy atom. The van der Waals surface area contributed by atoms with Gasteiger partial charge in [-0.2, -0.15) is 23.2 Å². The van der Waals surface area contributed by atoms with Crippen LogP contribution in [0.15, 0.2) is 9.98 Å². The molecule has 3 heterocycles. The quantitative estimate of drug-likeness (QED) is 0.619. The number of carbonyl (C=O) groups is 1. The molecule has 0 N–H and O–H groups in total. The van der Waals surface area contributed by atoms with Crippen molar-refractivity contribution in [2.24, 2.45) is 9.98 Å². The monoisotopic (exact) mass is 394 g/mol. The van der Waals surface area contributed by atoms with Crippen LogP contribution in [0.25, 0.3) is 0 Å². The first-order valence-corrected chi connectivity index (χ1v) is 8.64. The lowest BCUT2D eigenvalue weighted by atomic mass is 10.1. The zero-order chi connectivity index (χ0) is 19.5. The topological polar surface area (TPSA) is 85.2 Å². The number of amidine groups is 2. The molecule has 0 atom stereocenters. The van der Waals surface area contributed by atoms with Crippen LogP contribution in [-0.4, -0.2) is 98.9 Å². The number of halogens is 3. The number of hydrogen-bond acceptors (Lipinski definition) is 9. The standard InChI is InChI=1S/C15H21F3N4O5/c1-2-26-11(23)14(15(16,17)18)19-12(21-3-7-24-8-4-21)27-13(20-14)22-5-9-25-10-6-22/h2-10H2,1H3. The zero-order valence-corrected chi connectivity index (χ0v) is 14.8. The fourth-order valence-corrected chi connectivity index (χ4v) is 2.77. The summed E-state index contributed by atoms with van der Waals surface area (Å²) < 4.78 is 62.7. The SMILES string of the molecule is CCOC(=O)C1(C(F)(F)F)N=C(N2CCOCC2)OC(N2CCOCC2)=N1. The molecule has 12 heteroatoms. The van der Waals surface area contributed by atoms with Crippen molar-refractivity contribution in [1.29, 1.82) is 0 Å². The molecule has 0 aromatic carbocycles. The molecule has 0 unspecified atom stereocenters. The highest BCUT2D eigenvalue weighted by Crippen LogP contribution is 2.39. The molecule has 0 aromatic rings. The van der Waals surface area contributed by atoms with Crippen molar-refractivity contribution < 1.29 is 36.9 Å². The molecule has 0 spiro atoms. The number of hydrogen-bond donors (Lipinski definition) is 0. The minimum absolute atomic E-state index is 0.234. The summed E-state index contributed by atoms with van der Waals surface area (Å²) in [4.78, 5) is 22.5. The van der Waals surface area contributed by atoms with Crippen molar-refractivity contribution in [2.45, 2.75) is 18.8 Å². The highest BCUT2D eigenvalue weighted by molar-refractivity contribution is 5.97. The molecule has 3 aliphatic rings. The Balaban J connectivity index is 2.03. The van der Waals surface area contributed by atoms with Crippen molar-refractivity contribution in [1.82, 2.24) is 9.80 Å². The van der Waals surface area contributed by atoms with Crippen LogP contribution in [0.2, 0.25) is 0 Å². The van der Waals surface area contributed by atoms with Gasteiger partial charge < -0.3 is 28.7 Å². The van der Waals surface area contributed by atoms with Crippen molar-refractivity contribution >= 4 is 18.0 Å². The number of nitrogens with zero attached hydrogens (tertiary/aromatic N) is 4. The molecular formula is C15H21F3N4O5. The van der Waals surface area contributed by atoms with E-state index in [1.54, 1.807) is 0 Å². The van der Waals surface area contributed by atoms with Gasteiger partial charge >= 0.3 is 17.8 Å². The van der Waals surface area contributed by atoms with E-state index < -0.39 is 17.8 Å². The maximum atomic E-state index is 14.0. The van der Waals surface area contributed by atoms with Crippen LogP contribution < -0.4 is 0 Å². The highest BCUT2D eigenvalue weighted by Gasteiger charge is 2.65. The first kappa shape index (κ1) is 19.7. The largest absolute Gasteiger partial charge is 0.462 e. The van der Waals surface area contributed by atoms with Gasteiger partial charge in [-0.1, -0.05) is 0 Å². The van der Waals surface area contributed by atoms with Gasteiger partial charge in [0.25, 0.3) is 12.0 Å². The number of carbonyl (C=O) groups excluding carboxylic acids is 1. The van der Waals surface area contributed by atoms with E-state index in [2.05, 4.69) is 14.7 Å². The van der Waals surface area contributed by atoms with Crippen LogP contribution >= 0.6 is 0 Å². The molecule has 152 valence electrons. The average molecular weight is 394 g/mol. The van der Waals surface area contributed by atoms with Crippen molar-refractivity contribution in [3.63, 3.8) is 0 Å². The molecule has 0 amide bonds. The summed E-state index contributed by atoms with van der Waals surface area (Å²) in [5, 5.41) is 0. The highest BCUT2D eigenvalue weighted by atomic mass is 19.4. The molecule has 3 aliphatic heterocycles. The van der Waals surface area contributed by atoms with Gasteiger partial charge in [0.15, 0.2) is 0 Å². The second-order valence-electron chi connectivity index (χ2n) is 5.98. The van der Waals surface area contributed by atoms with Gasteiger partial charge in [0.05, 0.1) is 33.0 Å². The number of rotatable bonds is 2. The smallest absolute Gasteiger partial charge is 0.446 e. The molecule has 2 fully saturated rings. The third kappa shape index (κ3) is 3.95. The summed E-state index contributed by atoms with van der Waals surface area (Å²) in [6.45, 7) is 3.56. The summed E-state index contributed by atoms with van der Waals surface area (Å²) in [6.07, 6.45) is -5.10. The van der Waals surface area contributed by atoms with Gasteiger partial charge in [-0.3, -0.25) is 0 Å². The third-order valence-electron chi connectivity index (χ3n) is 4.22. The fourth-order valence-electron chi connectivity index (χ4n) is 2.77. The Kier molecular flexibility index (Phi) is 5.75. The summed E-state index contributed by atoms with van der Waals surface area (Å²) in [7, 11) is 0. The van der Waals surface area contributed by atoms with Gasteiger partial charge in [-0.15, -0.1) is 0 Å². The van der Waals surface area contributed by atoms with Crippen LogP contribution in [0.1, 0.15) is 6.92 Å². The van der Waals surface area contributed by atoms with E-state index in [4.69, 9.17) is 14.2 Å². The second-order valence-corrected chi connectivity index (χ2v) is 5.98. The number of esters is 1. The van der Waals surface area contributed by atoms with E-state index in [-0.39, 0.29) is 44.8 Å². The summed E-state index contributed by atoms with van der Waals surface area (Å²) in [6, 6.07) is -0.639. The molecule has 3 rings (SSSR count). The molecule has 0 bridgehead atoms. The van der Waals surface area contributed by atoms with Crippen LogP contribution in [0.3, 0.4) is 0 Å². The van der Waals surface area contributed by atoms with Gasteiger partial charge in [0, 0.05) is 26.2 Å². The lowest BCUT2D eigenvalue weighted by Crippen LogP contribution is -2.58. The van der Waals surface area contributed by atoms with Gasteiger partial charge in [-0.25, -0.2) is 4.79 Å². The Labute approximate surface area is 153 Å². The van der Waals surface area contributed by atoms with Crippen molar-refractivity contribution in [3.8, 4) is 0 Å². The number of alkyl halides is 3. The summed E-state index contributed by atoms with van der Waals surface area (Å²) in [5.74, 6) is -1.59. The van der Waals surface area contributed by atoms with E-state index in [1.165, 1.54) is 16.7 Å². The van der Waals surface area contributed by atoms with E-state index in [9.17, 15) is 18.0 Å².